The van der Waals surface area contributed by atoms with Crippen LogP contribution in [0.4, 0.5) is 5.69 Å². The van der Waals surface area contributed by atoms with Crippen molar-refractivity contribution in [3.8, 4) is 11.3 Å². The first kappa shape index (κ1) is 12.4. The van der Waals surface area contributed by atoms with Crippen LogP contribution < -0.4 is 0 Å². The van der Waals surface area contributed by atoms with Gasteiger partial charge in [0.05, 0.1) is 11.9 Å². The van der Waals surface area contributed by atoms with Crippen molar-refractivity contribution < 1.29 is 0 Å². The molecule has 0 saturated heterocycles. The van der Waals surface area contributed by atoms with Gasteiger partial charge in [0.2, 0.25) is 0 Å². The van der Waals surface area contributed by atoms with Crippen LogP contribution in [0.2, 0.25) is 0 Å². The Morgan fingerprint density at radius 3 is 2.40 bits per heavy atom. The SMILES string of the molecule is C(Cc1ccccc1)=Nc1cn[nH]c1-c1ccccc1. The number of aromatic amines is 1. The molecule has 98 valence electrons. The van der Waals surface area contributed by atoms with Crippen LogP contribution in [0.15, 0.2) is 71.9 Å². The largest absolute Gasteiger partial charge is 0.276 e. The van der Waals surface area contributed by atoms with E-state index in [9.17, 15) is 0 Å². The summed E-state index contributed by atoms with van der Waals surface area (Å²) in [6.45, 7) is 0. The predicted octanol–water partition coefficient (Wildman–Crippen LogP) is 4.02. The van der Waals surface area contributed by atoms with Crippen molar-refractivity contribution in [2.45, 2.75) is 6.42 Å². The van der Waals surface area contributed by atoms with E-state index in [2.05, 4.69) is 27.3 Å². The Balaban J connectivity index is 1.77. The number of aromatic nitrogens is 2. The molecule has 0 fully saturated rings. The highest BCUT2D eigenvalue weighted by atomic mass is 15.1. The quantitative estimate of drug-likeness (QED) is 0.708. The summed E-state index contributed by atoms with van der Waals surface area (Å²) < 4.78 is 0. The van der Waals surface area contributed by atoms with Gasteiger partial charge >= 0.3 is 0 Å². The van der Waals surface area contributed by atoms with Crippen LogP contribution in [0.3, 0.4) is 0 Å². The van der Waals surface area contributed by atoms with Gasteiger partial charge in [0.1, 0.15) is 5.69 Å². The number of aliphatic imine (C=N–C) groups is 1. The molecule has 3 nitrogen and oxygen atoms in total. The van der Waals surface area contributed by atoms with Gasteiger partial charge in [-0.05, 0) is 5.56 Å². The Morgan fingerprint density at radius 1 is 0.950 bits per heavy atom. The molecule has 3 heteroatoms. The molecular formula is C17H15N3. The molecule has 0 aliphatic carbocycles. The Labute approximate surface area is 118 Å². The van der Waals surface area contributed by atoms with Gasteiger partial charge in [-0.15, -0.1) is 0 Å². The van der Waals surface area contributed by atoms with E-state index < -0.39 is 0 Å². The molecule has 0 spiro atoms. The maximum atomic E-state index is 4.52. The topological polar surface area (TPSA) is 41.0 Å². The zero-order valence-corrected chi connectivity index (χ0v) is 11.0. The van der Waals surface area contributed by atoms with E-state index in [1.54, 1.807) is 6.20 Å². The lowest BCUT2D eigenvalue weighted by atomic mass is 10.1. The molecule has 0 unspecified atom stereocenters. The number of benzene rings is 2. The first-order valence-electron chi connectivity index (χ1n) is 6.59. The van der Waals surface area contributed by atoms with Gasteiger partial charge in [-0.25, -0.2) is 0 Å². The van der Waals surface area contributed by atoms with Crippen LogP contribution in [-0.2, 0) is 6.42 Å². The fraction of sp³-hybridized carbons (Fsp3) is 0.0588. The summed E-state index contributed by atoms with van der Waals surface area (Å²) in [7, 11) is 0. The third-order valence-corrected chi connectivity index (χ3v) is 3.08. The molecule has 0 radical (unpaired) electrons. The fourth-order valence-electron chi connectivity index (χ4n) is 2.06. The van der Waals surface area contributed by atoms with Crippen LogP contribution in [-0.4, -0.2) is 16.4 Å². The van der Waals surface area contributed by atoms with Crippen molar-refractivity contribution in [1.29, 1.82) is 0 Å². The summed E-state index contributed by atoms with van der Waals surface area (Å²) in [5.41, 5.74) is 4.17. The van der Waals surface area contributed by atoms with Crippen LogP contribution in [0, 0.1) is 0 Å². The summed E-state index contributed by atoms with van der Waals surface area (Å²) in [5.74, 6) is 0. The number of nitrogens with one attached hydrogen (secondary N) is 1. The fourth-order valence-corrected chi connectivity index (χ4v) is 2.06. The van der Waals surface area contributed by atoms with Crippen molar-refractivity contribution in [3.63, 3.8) is 0 Å². The van der Waals surface area contributed by atoms with Crippen molar-refractivity contribution in [2.24, 2.45) is 4.99 Å². The average Bonchev–Trinajstić information content (AvgIpc) is 2.98. The minimum absolute atomic E-state index is 0.820. The van der Waals surface area contributed by atoms with E-state index in [-0.39, 0.29) is 0 Å². The minimum Gasteiger partial charge on any atom is -0.276 e. The van der Waals surface area contributed by atoms with E-state index in [0.29, 0.717) is 0 Å². The number of rotatable bonds is 4. The van der Waals surface area contributed by atoms with Crippen LogP contribution in [0.25, 0.3) is 11.3 Å². The summed E-state index contributed by atoms with van der Waals surface area (Å²) in [4.78, 5) is 4.52. The lowest BCUT2D eigenvalue weighted by Gasteiger charge is -1.98. The third kappa shape index (κ3) is 2.83. The van der Waals surface area contributed by atoms with Gasteiger partial charge in [0, 0.05) is 18.2 Å². The Bertz CT molecular complexity index is 685. The zero-order chi connectivity index (χ0) is 13.6. The normalized spacial score (nSPS) is 11.0. The van der Waals surface area contributed by atoms with Crippen molar-refractivity contribution in [1.82, 2.24) is 10.2 Å². The molecule has 1 N–H and O–H groups in total. The molecule has 1 aromatic heterocycles. The monoisotopic (exact) mass is 261 g/mol. The first-order chi connectivity index (χ1) is 9.93. The smallest absolute Gasteiger partial charge is 0.108 e. The molecule has 3 aromatic rings. The lowest BCUT2D eigenvalue weighted by Crippen LogP contribution is -1.84. The van der Waals surface area contributed by atoms with Gasteiger partial charge in [-0.3, -0.25) is 10.1 Å². The second-order valence-electron chi connectivity index (χ2n) is 4.50. The zero-order valence-electron chi connectivity index (χ0n) is 11.0. The van der Waals surface area contributed by atoms with Gasteiger partial charge in [-0.2, -0.15) is 5.10 Å². The second-order valence-corrected chi connectivity index (χ2v) is 4.50. The van der Waals surface area contributed by atoms with E-state index in [4.69, 9.17) is 0 Å². The third-order valence-electron chi connectivity index (χ3n) is 3.08. The molecule has 0 saturated carbocycles. The molecule has 0 aliphatic heterocycles. The van der Waals surface area contributed by atoms with Crippen LogP contribution in [0.5, 0.6) is 0 Å². The molecular weight excluding hydrogens is 246 g/mol. The molecule has 20 heavy (non-hydrogen) atoms. The minimum atomic E-state index is 0.820. The molecule has 0 aliphatic rings. The highest BCUT2D eigenvalue weighted by molar-refractivity contribution is 5.76. The first-order valence-corrected chi connectivity index (χ1v) is 6.59. The molecule has 3 rings (SSSR count). The van der Waals surface area contributed by atoms with Crippen molar-refractivity contribution in [2.75, 3.05) is 0 Å². The van der Waals surface area contributed by atoms with Gasteiger partial charge in [-0.1, -0.05) is 60.7 Å². The van der Waals surface area contributed by atoms with E-state index in [1.165, 1.54) is 5.56 Å². The molecule has 0 bridgehead atoms. The van der Waals surface area contributed by atoms with E-state index >= 15 is 0 Å². The van der Waals surface area contributed by atoms with Crippen molar-refractivity contribution in [3.05, 3.63) is 72.4 Å². The van der Waals surface area contributed by atoms with E-state index in [1.807, 2.05) is 54.7 Å². The maximum Gasteiger partial charge on any atom is 0.108 e. The predicted molar refractivity (Wildman–Crippen MR) is 82.3 cm³/mol. The molecule has 2 aromatic carbocycles. The number of hydrogen-bond donors (Lipinski definition) is 1. The number of H-pyrrole nitrogens is 1. The summed E-state index contributed by atoms with van der Waals surface area (Å²) in [6, 6.07) is 20.4. The Morgan fingerprint density at radius 2 is 1.65 bits per heavy atom. The van der Waals surface area contributed by atoms with Crippen molar-refractivity contribution >= 4 is 11.9 Å². The Hall–Kier alpha value is -2.68. The lowest BCUT2D eigenvalue weighted by molar-refractivity contribution is 1.10. The summed E-state index contributed by atoms with van der Waals surface area (Å²) in [5, 5.41) is 7.09. The average molecular weight is 261 g/mol. The van der Waals surface area contributed by atoms with Gasteiger partial charge < -0.3 is 0 Å². The number of nitrogens with zero attached hydrogens (tertiary/aromatic N) is 2. The van der Waals surface area contributed by atoms with Crippen LogP contribution >= 0.6 is 0 Å². The highest BCUT2D eigenvalue weighted by Crippen LogP contribution is 2.26. The summed E-state index contributed by atoms with van der Waals surface area (Å²) in [6.07, 6.45) is 4.50. The highest BCUT2D eigenvalue weighted by Gasteiger charge is 2.05. The summed E-state index contributed by atoms with van der Waals surface area (Å²) >= 11 is 0. The van der Waals surface area contributed by atoms with Gasteiger partial charge in [0.15, 0.2) is 0 Å². The molecule has 1 heterocycles. The number of hydrogen-bond acceptors (Lipinski definition) is 2. The van der Waals surface area contributed by atoms with Gasteiger partial charge in [0.25, 0.3) is 0 Å². The molecule has 0 amide bonds. The molecule has 0 atom stereocenters. The maximum absolute atomic E-state index is 4.52. The van der Waals surface area contributed by atoms with Crippen LogP contribution in [0.1, 0.15) is 5.56 Å². The van der Waals surface area contributed by atoms with E-state index in [0.717, 1.165) is 23.4 Å². The standard InChI is InChI=1S/C17H15N3/c1-3-7-14(8-4-1)11-12-18-16-13-19-20-17(16)15-9-5-2-6-10-15/h1-10,12-13H,11H2,(H,19,20). The second kappa shape index (κ2) is 5.97. The Kier molecular flexibility index (Phi) is 3.69.